The molecule has 0 fully saturated rings. The number of rotatable bonds is 4. The van der Waals surface area contributed by atoms with E-state index in [2.05, 4.69) is 17.4 Å². The van der Waals surface area contributed by atoms with Crippen LogP contribution in [-0.2, 0) is 22.4 Å². The summed E-state index contributed by atoms with van der Waals surface area (Å²) in [5.74, 6) is -1.16. The van der Waals surface area contributed by atoms with Gasteiger partial charge in [0.15, 0.2) is 0 Å². The highest BCUT2D eigenvalue weighted by atomic mass is 35.5. The van der Waals surface area contributed by atoms with Crippen molar-refractivity contribution in [2.45, 2.75) is 30.7 Å². The summed E-state index contributed by atoms with van der Waals surface area (Å²) in [5, 5.41) is 13.3. The summed E-state index contributed by atoms with van der Waals surface area (Å²) in [5.41, 5.74) is 4.86. The third-order valence-electron chi connectivity index (χ3n) is 6.60. The lowest BCUT2D eigenvalue weighted by Gasteiger charge is -2.35. The lowest BCUT2D eigenvalue weighted by atomic mass is 9.78. The van der Waals surface area contributed by atoms with Gasteiger partial charge in [-0.05, 0) is 52.3 Å². The molecular weight excluding hydrogens is 426 g/mol. The molecule has 6 heteroatoms. The van der Waals surface area contributed by atoms with E-state index in [-0.39, 0.29) is 25.4 Å². The second-order valence-electron chi connectivity index (χ2n) is 8.39. The van der Waals surface area contributed by atoms with Gasteiger partial charge in [0.2, 0.25) is 0 Å². The van der Waals surface area contributed by atoms with Gasteiger partial charge in [0.1, 0.15) is 12.1 Å². The van der Waals surface area contributed by atoms with Crippen LogP contribution in [0.4, 0.5) is 4.79 Å². The van der Waals surface area contributed by atoms with Gasteiger partial charge in [-0.15, -0.1) is 0 Å². The van der Waals surface area contributed by atoms with Crippen LogP contribution in [0.15, 0.2) is 66.7 Å². The number of carboxylic acids is 1. The number of hydrogen-bond donors (Lipinski definition) is 2. The van der Waals surface area contributed by atoms with Crippen molar-refractivity contribution in [1.82, 2.24) is 5.32 Å². The first-order valence-corrected chi connectivity index (χ1v) is 11.0. The van der Waals surface area contributed by atoms with Crippen LogP contribution in [0.2, 0.25) is 5.02 Å². The number of carboxylic acid groups (broad SMARTS) is 1. The topological polar surface area (TPSA) is 75.6 Å². The summed E-state index contributed by atoms with van der Waals surface area (Å²) in [6.07, 6.45) is 0.177. The molecule has 2 aliphatic rings. The second-order valence-corrected chi connectivity index (χ2v) is 8.80. The van der Waals surface area contributed by atoms with Gasteiger partial charge < -0.3 is 15.2 Å². The third-order valence-corrected chi connectivity index (χ3v) is 6.96. The smallest absolute Gasteiger partial charge is 0.408 e. The average molecular weight is 448 g/mol. The molecule has 3 aromatic carbocycles. The van der Waals surface area contributed by atoms with Crippen molar-refractivity contribution in [2.24, 2.45) is 0 Å². The van der Waals surface area contributed by atoms with E-state index in [0.29, 0.717) is 11.4 Å². The average Bonchev–Trinajstić information content (AvgIpc) is 3.11. The molecule has 0 unspecified atom stereocenters. The van der Waals surface area contributed by atoms with E-state index in [4.69, 9.17) is 16.3 Å². The molecule has 2 aliphatic carbocycles. The van der Waals surface area contributed by atoms with Gasteiger partial charge in [0, 0.05) is 17.4 Å². The number of aliphatic carboxylic acids is 1. The molecule has 5 nitrogen and oxygen atoms in total. The Morgan fingerprint density at radius 1 is 1.00 bits per heavy atom. The first-order chi connectivity index (χ1) is 15.5. The zero-order chi connectivity index (χ0) is 22.3. The Balaban J connectivity index is 1.33. The highest BCUT2D eigenvalue weighted by Crippen LogP contribution is 2.44. The molecule has 32 heavy (non-hydrogen) atoms. The molecule has 0 radical (unpaired) electrons. The first kappa shape index (κ1) is 20.6. The SMILES string of the molecule is O=C(N[C@@]1(C(=O)O)CCc2c(Cl)cccc2C1)OCC1c2ccccc2-c2ccccc21. The molecule has 0 spiro atoms. The van der Waals surface area contributed by atoms with Gasteiger partial charge in [0.25, 0.3) is 0 Å². The molecule has 0 heterocycles. The van der Waals surface area contributed by atoms with Gasteiger partial charge in [-0.1, -0.05) is 72.3 Å². The Morgan fingerprint density at radius 2 is 1.66 bits per heavy atom. The Labute approximate surface area is 191 Å². The number of fused-ring (bicyclic) bond motifs is 4. The zero-order valence-corrected chi connectivity index (χ0v) is 18.1. The largest absolute Gasteiger partial charge is 0.479 e. The van der Waals surface area contributed by atoms with Crippen LogP contribution in [-0.4, -0.2) is 29.3 Å². The van der Waals surface area contributed by atoms with Gasteiger partial charge in [-0.25, -0.2) is 9.59 Å². The lowest BCUT2D eigenvalue weighted by Crippen LogP contribution is -2.58. The summed E-state index contributed by atoms with van der Waals surface area (Å²) < 4.78 is 5.59. The second kappa shape index (κ2) is 7.99. The Bertz CT molecular complexity index is 1180. The van der Waals surface area contributed by atoms with Gasteiger partial charge in [-0.3, -0.25) is 0 Å². The Kier molecular flexibility index (Phi) is 5.14. The number of carbonyl (C=O) groups excluding carboxylic acids is 1. The van der Waals surface area contributed by atoms with Crippen molar-refractivity contribution in [3.8, 4) is 11.1 Å². The minimum atomic E-state index is -1.42. The van der Waals surface area contributed by atoms with Crippen molar-refractivity contribution in [3.05, 3.63) is 94.0 Å². The van der Waals surface area contributed by atoms with E-state index in [0.717, 1.165) is 33.4 Å². The van der Waals surface area contributed by atoms with E-state index in [9.17, 15) is 14.7 Å². The van der Waals surface area contributed by atoms with Crippen molar-refractivity contribution >= 4 is 23.7 Å². The molecule has 5 rings (SSSR count). The summed E-state index contributed by atoms with van der Waals surface area (Å²) in [7, 11) is 0. The van der Waals surface area contributed by atoms with Crippen LogP contribution < -0.4 is 5.32 Å². The number of alkyl carbamates (subject to hydrolysis) is 1. The zero-order valence-electron chi connectivity index (χ0n) is 17.3. The Morgan fingerprint density at radius 3 is 2.31 bits per heavy atom. The van der Waals surface area contributed by atoms with Gasteiger partial charge in [-0.2, -0.15) is 0 Å². The highest BCUT2D eigenvalue weighted by Gasteiger charge is 2.44. The van der Waals surface area contributed by atoms with Crippen LogP contribution in [0.3, 0.4) is 0 Å². The predicted molar refractivity (Wildman–Crippen MR) is 122 cm³/mol. The lowest BCUT2D eigenvalue weighted by molar-refractivity contribution is -0.145. The molecule has 0 saturated carbocycles. The number of halogens is 1. The standard InChI is InChI=1S/C26H22ClNO4/c27-23-11-5-6-16-14-26(24(29)30,13-12-17(16)23)28-25(31)32-15-22-20-9-3-1-7-18(20)19-8-2-4-10-21(19)22/h1-11,22H,12-15H2,(H,28,31)(H,29,30)/t26-/m0/s1. The summed E-state index contributed by atoms with van der Waals surface area (Å²) in [6, 6.07) is 21.6. The van der Waals surface area contributed by atoms with E-state index < -0.39 is 17.6 Å². The van der Waals surface area contributed by atoms with Crippen LogP contribution >= 0.6 is 11.6 Å². The van der Waals surface area contributed by atoms with Crippen molar-refractivity contribution in [1.29, 1.82) is 0 Å². The molecule has 0 bridgehead atoms. The van der Waals surface area contributed by atoms with Crippen LogP contribution in [0, 0.1) is 0 Å². The minimum absolute atomic E-state index is 0.0835. The molecule has 1 amide bonds. The molecule has 1 atom stereocenters. The number of hydrogen-bond acceptors (Lipinski definition) is 3. The molecule has 162 valence electrons. The quantitative estimate of drug-likeness (QED) is 0.577. The van der Waals surface area contributed by atoms with Crippen molar-refractivity contribution < 1.29 is 19.4 Å². The highest BCUT2D eigenvalue weighted by molar-refractivity contribution is 6.31. The van der Waals surface area contributed by atoms with E-state index in [1.54, 1.807) is 12.1 Å². The van der Waals surface area contributed by atoms with Gasteiger partial charge >= 0.3 is 12.1 Å². The fourth-order valence-electron chi connectivity index (χ4n) is 4.97. The number of benzene rings is 3. The van der Waals surface area contributed by atoms with E-state index >= 15 is 0 Å². The fraction of sp³-hybridized carbons (Fsp3) is 0.231. The molecule has 0 aliphatic heterocycles. The van der Waals surface area contributed by atoms with Crippen molar-refractivity contribution in [3.63, 3.8) is 0 Å². The molecule has 0 saturated heterocycles. The number of ether oxygens (including phenoxy) is 1. The molecular formula is C26H22ClNO4. The molecule has 0 aromatic heterocycles. The predicted octanol–water partition coefficient (Wildman–Crippen LogP) is 5.19. The minimum Gasteiger partial charge on any atom is -0.479 e. The van der Waals surface area contributed by atoms with Crippen molar-refractivity contribution in [2.75, 3.05) is 6.61 Å². The fourth-order valence-corrected chi connectivity index (χ4v) is 5.26. The maximum atomic E-state index is 12.8. The summed E-state index contributed by atoms with van der Waals surface area (Å²) >= 11 is 6.27. The number of nitrogens with one attached hydrogen (secondary N) is 1. The van der Waals surface area contributed by atoms with Crippen LogP contribution in [0.5, 0.6) is 0 Å². The molecule has 3 aromatic rings. The van der Waals surface area contributed by atoms with E-state index in [1.807, 2.05) is 42.5 Å². The van der Waals surface area contributed by atoms with E-state index in [1.165, 1.54) is 0 Å². The molecule has 2 N–H and O–H groups in total. The number of carbonyl (C=O) groups is 2. The maximum Gasteiger partial charge on any atom is 0.408 e. The van der Waals surface area contributed by atoms with Crippen LogP contribution in [0.25, 0.3) is 11.1 Å². The maximum absolute atomic E-state index is 12.8. The summed E-state index contributed by atoms with van der Waals surface area (Å²) in [4.78, 5) is 24.9. The third kappa shape index (κ3) is 3.43. The Hall–Kier alpha value is -3.31. The van der Waals surface area contributed by atoms with Gasteiger partial charge in [0.05, 0.1) is 0 Å². The van der Waals surface area contributed by atoms with Crippen LogP contribution in [0.1, 0.15) is 34.6 Å². The monoisotopic (exact) mass is 447 g/mol. The first-order valence-electron chi connectivity index (χ1n) is 10.6. The normalized spacial score (nSPS) is 18.9. The summed E-state index contributed by atoms with van der Waals surface area (Å²) in [6.45, 7) is 0.137. The number of amides is 1.